The second kappa shape index (κ2) is 6.59. The van der Waals surface area contributed by atoms with Crippen LogP contribution in [0.5, 0.6) is 0 Å². The molecule has 1 aromatic carbocycles. The molecule has 2 aromatic rings. The van der Waals surface area contributed by atoms with Gasteiger partial charge in [-0.15, -0.1) is 0 Å². The summed E-state index contributed by atoms with van der Waals surface area (Å²) in [6.45, 7) is 0.457. The van der Waals surface area contributed by atoms with Gasteiger partial charge in [0.2, 0.25) is 0 Å². The third kappa shape index (κ3) is 3.48. The summed E-state index contributed by atoms with van der Waals surface area (Å²) in [5, 5.41) is 6.96. The molecule has 3 rings (SSSR count). The number of carbonyl (C=O) groups excluding carboxylic acids is 1. The van der Waals surface area contributed by atoms with Gasteiger partial charge in [-0.25, -0.2) is 0 Å². The molecule has 0 radical (unpaired) electrons. The summed E-state index contributed by atoms with van der Waals surface area (Å²) in [5.41, 5.74) is 0.373. The van der Waals surface area contributed by atoms with E-state index in [0.717, 1.165) is 37.8 Å². The zero-order valence-electron chi connectivity index (χ0n) is 13.0. The molecular weight excluding hydrogens is 335 g/mol. The van der Waals surface area contributed by atoms with E-state index in [2.05, 4.69) is 16.8 Å². The number of alkyl halides is 3. The van der Waals surface area contributed by atoms with Gasteiger partial charge in [0, 0.05) is 17.5 Å². The van der Waals surface area contributed by atoms with Crippen molar-refractivity contribution in [3.63, 3.8) is 0 Å². The van der Waals surface area contributed by atoms with Gasteiger partial charge >= 0.3 is 6.18 Å². The molecule has 1 fully saturated rings. The molecule has 24 heavy (non-hydrogen) atoms. The molecule has 1 amide bonds. The van der Waals surface area contributed by atoms with Gasteiger partial charge in [-0.05, 0) is 53.4 Å². The number of rotatable bonds is 4. The van der Waals surface area contributed by atoms with Crippen molar-refractivity contribution in [3.8, 4) is 0 Å². The van der Waals surface area contributed by atoms with Gasteiger partial charge in [-0.3, -0.25) is 4.79 Å². The zero-order chi connectivity index (χ0) is 17.2. The van der Waals surface area contributed by atoms with E-state index >= 15 is 0 Å². The minimum absolute atomic E-state index is 0.0447. The lowest BCUT2D eigenvalue weighted by Gasteiger charge is -2.28. The van der Waals surface area contributed by atoms with E-state index in [0.29, 0.717) is 6.54 Å². The van der Waals surface area contributed by atoms with Crippen molar-refractivity contribution in [1.82, 2.24) is 5.32 Å². The van der Waals surface area contributed by atoms with Gasteiger partial charge in [0.25, 0.3) is 5.91 Å². The first-order valence-electron chi connectivity index (χ1n) is 7.89. The lowest BCUT2D eigenvalue weighted by molar-refractivity contribution is -0.137. The highest BCUT2D eigenvalue weighted by Gasteiger charge is 2.36. The van der Waals surface area contributed by atoms with Gasteiger partial charge in [0.1, 0.15) is 0 Å². The topological polar surface area (TPSA) is 29.1 Å². The van der Waals surface area contributed by atoms with E-state index in [1.54, 1.807) is 11.3 Å². The Labute approximate surface area is 142 Å². The minimum atomic E-state index is -4.44. The van der Waals surface area contributed by atoms with Crippen LogP contribution >= 0.6 is 11.3 Å². The molecule has 0 bridgehead atoms. The Morgan fingerprint density at radius 2 is 1.96 bits per heavy atom. The summed E-state index contributed by atoms with van der Waals surface area (Å²) in [5.74, 6) is -0.456. The first kappa shape index (κ1) is 17.0. The monoisotopic (exact) mass is 353 g/mol. The molecule has 0 saturated heterocycles. The van der Waals surface area contributed by atoms with E-state index < -0.39 is 17.6 Å². The van der Waals surface area contributed by atoms with E-state index in [9.17, 15) is 18.0 Å². The number of halogens is 3. The predicted octanol–water partition coefficient (Wildman–Crippen LogP) is 5.01. The van der Waals surface area contributed by atoms with Crippen molar-refractivity contribution in [3.05, 3.63) is 57.8 Å². The van der Waals surface area contributed by atoms with Crippen molar-refractivity contribution >= 4 is 17.2 Å². The minimum Gasteiger partial charge on any atom is -0.351 e. The van der Waals surface area contributed by atoms with E-state index in [1.165, 1.54) is 17.7 Å². The van der Waals surface area contributed by atoms with Crippen molar-refractivity contribution in [2.24, 2.45) is 0 Å². The van der Waals surface area contributed by atoms with Crippen molar-refractivity contribution < 1.29 is 18.0 Å². The number of benzene rings is 1. The molecule has 1 saturated carbocycles. The molecule has 0 spiro atoms. The molecule has 128 valence electrons. The summed E-state index contributed by atoms with van der Waals surface area (Å²) in [4.78, 5) is 12.3. The second-order valence-corrected chi connectivity index (χ2v) is 7.04. The van der Waals surface area contributed by atoms with Crippen LogP contribution in [0.15, 0.2) is 41.1 Å². The molecule has 1 heterocycles. The highest BCUT2D eigenvalue weighted by Crippen LogP contribution is 2.41. The number of hydrogen-bond acceptors (Lipinski definition) is 2. The molecule has 2 nitrogen and oxygen atoms in total. The van der Waals surface area contributed by atoms with Crippen LogP contribution in [0.2, 0.25) is 0 Å². The smallest absolute Gasteiger partial charge is 0.351 e. The lowest BCUT2D eigenvalue weighted by Crippen LogP contribution is -2.38. The van der Waals surface area contributed by atoms with Crippen LogP contribution in [0, 0.1) is 0 Å². The van der Waals surface area contributed by atoms with Crippen LogP contribution in [0.3, 0.4) is 0 Å². The Bertz CT molecular complexity index is 703. The fourth-order valence-corrected chi connectivity index (χ4v) is 4.15. The molecular formula is C18H18F3NOS. The Morgan fingerprint density at radius 1 is 1.21 bits per heavy atom. The maximum absolute atomic E-state index is 12.8. The molecule has 1 aliphatic carbocycles. The van der Waals surface area contributed by atoms with E-state index in [4.69, 9.17) is 0 Å². The lowest BCUT2D eigenvalue weighted by atomic mass is 9.80. The summed E-state index contributed by atoms with van der Waals surface area (Å²) < 4.78 is 38.3. The van der Waals surface area contributed by atoms with E-state index in [-0.39, 0.29) is 11.0 Å². The fourth-order valence-electron chi connectivity index (χ4n) is 3.37. The van der Waals surface area contributed by atoms with Crippen LogP contribution in [0.25, 0.3) is 0 Å². The Hall–Kier alpha value is -1.82. The predicted molar refractivity (Wildman–Crippen MR) is 88.2 cm³/mol. The highest BCUT2D eigenvalue weighted by molar-refractivity contribution is 7.08. The zero-order valence-corrected chi connectivity index (χ0v) is 13.8. The Balaban J connectivity index is 1.73. The quantitative estimate of drug-likeness (QED) is 0.823. The van der Waals surface area contributed by atoms with Crippen LogP contribution < -0.4 is 5.32 Å². The summed E-state index contributed by atoms with van der Waals surface area (Å²) in [6.07, 6.45) is -0.247. The maximum atomic E-state index is 12.8. The highest BCUT2D eigenvalue weighted by atomic mass is 32.1. The summed E-state index contributed by atoms with van der Waals surface area (Å²) >= 11 is 1.62. The molecule has 1 aromatic heterocycles. The third-order valence-electron chi connectivity index (χ3n) is 4.73. The molecule has 6 heteroatoms. The fraction of sp³-hybridized carbons (Fsp3) is 0.389. The van der Waals surface area contributed by atoms with E-state index in [1.807, 2.05) is 5.38 Å². The summed E-state index contributed by atoms with van der Waals surface area (Å²) in [6, 6.07) is 6.63. The molecule has 0 atom stereocenters. The third-order valence-corrected chi connectivity index (χ3v) is 5.42. The molecule has 1 aliphatic rings. The number of nitrogens with one attached hydrogen (secondary N) is 1. The largest absolute Gasteiger partial charge is 0.416 e. The van der Waals surface area contributed by atoms with Gasteiger partial charge in [-0.2, -0.15) is 24.5 Å². The van der Waals surface area contributed by atoms with Crippen LogP contribution in [0.4, 0.5) is 13.2 Å². The second-order valence-electron chi connectivity index (χ2n) is 6.26. The molecule has 1 N–H and O–H groups in total. The van der Waals surface area contributed by atoms with Crippen molar-refractivity contribution in [2.75, 3.05) is 6.54 Å². The first-order valence-corrected chi connectivity index (χ1v) is 8.83. The van der Waals surface area contributed by atoms with Crippen molar-refractivity contribution in [1.29, 1.82) is 0 Å². The van der Waals surface area contributed by atoms with Gasteiger partial charge in [-0.1, -0.05) is 18.9 Å². The number of amides is 1. The number of thiophene rings is 1. The van der Waals surface area contributed by atoms with Gasteiger partial charge < -0.3 is 5.32 Å². The average Bonchev–Trinajstić information content (AvgIpc) is 3.24. The maximum Gasteiger partial charge on any atom is 0.416 e. The van der Waals surface area contributed by atoms with Crippen LogP contribution in [0.1, 0.15) is 47.2 Å². The number of carbonyl (C=O) groups is 1. The summed E-state index contributed by atoms with van der Waals surface area (Å²) in [7, 11) is 0. The Kier molecular flexibility index (Phi) is 4.67. The number of hydrogen-bond donors (Lipinski definition) is 1. The van der Waals surface area contributed by atoms with Gasteiger partial charge in [0.15, 0.2) is 0 Å². The average molecular weight is 353 g/mol. The molecule has 0 unspecified atom stereocenters. The normalized spacial score (nSPS) is 17.0. The molecule has 0 aliphatic heterocycles. The standard InChI is InChI=1S/C18H18F3NOS/c19-18(20,21)14-5-3-4-13(10-14)16(23)22-12-17(7-1-2-8-17)15-6-9-24-11-15/h3-6,9-11H,1-2,7-8,12H2,(H,22,23). The first-order chi connectivity index (χ1) is 11.4. The SMILES string of the molecule is O=C(NCC1(c2ccsc2)CCCC1)c1cccc(C(F)(F)F)c1. The van der Waals surface area contributed by atoms with Crippen LogP contribution in [-0.4, -0.2) is 12.5 Å². The van der Waals surface area contributed by atoms with Gasteiger partial charge in [0.05, 0.1) is 5.56 Å². The van der Waals surface area contributed by atoms with Crippen molar-refractivity contribution in [2.45, 2.75) is 37.3 Å². The van der Waals surface area contributed by atoms with Crippen LogP contribution in [-0.2, 0) is 11.6 Å². The Morgan fingerprint density at radius 3 is 2.58 bits per heavy atom.